The molecule has 2 heterocycles. The fraction of sp³-hybridized carbons (Fsp3) is 0.296. The van der Waals surface area contributed by atoms with Gasteiger partial charge in [0.05, 0.1) is 28.0 Å². The van der Waals surface area contributed by atoms with Crippen LogP contribution in [-0.2, 0) is 15.6 Å². The molecule has 0 radical (unpaired) electrons. The molecule has 4 heteroatoms. The van der Waals surface area contributed by atoms with Gasteiger partial charge in [0.1, 0.15) is 0 Å². The van der Waals surface area contributed by atoms with Gasteiger partial charge in [-0.2, -0.15) is 0 Å². The molecule has 3 nitrogen and oxygen atoms in total. The smallest absolute Gasteiger partial charge is 0.157 e. The lowest BCUT2D eigenvalue weighted by Gasteiger charge is -2.38. The number of rotatable bonds is 4. The van der Waals surface area contributed by atoms with Gasteiger partial charge in [0, 0.05) is 16.9 Å². The second kappa shape index (κ2) is 8.18. The third-order valence-electron chi connectivity index (χ3n) is 6.81. The van der Waals surface area contributed by atoms with E-state index in [1.54, 1.807) is 0 Å². The van der Waals surface area contributed by atoms with Crippen molar-refractivity contribution in [3.8, 4) is 0 Å². The molecule has 2 bridgehead atoms. The maximum atomic E-state index is 13.6. The molecule has 1 N–H and O–H groups in total. The van der Waals surface area contributed by atoms with Gasteiger partial charge >= 0.3 is 0 Å². The fourth-order valence-corrected chi connectivity index (χ4v) is 6.84. The number of aryl methyl sites for hydroxylation is 2. The van der Waals surface area contributed by atoms with Crippen molar-refractivity contribution in [2.75, 3.05) is 0 Å². The third-order valence-corrected chi connectivity index (χ3v) is 8.58. The van der Waals surface area contributed by atoms with Gasteiger partial charge in [0.25, 0.3) is 0 Å². The first-order valence-electron chi connectivity index (χ1n) is 10.9. The van der Waals surface area contributed by atoms with Crippen molar-refractivity contribution in [3.05, 3.63) is 101 Å². The molecule has 5 rings (SSSR count). The Balaban J connectivity index is 1.58. The molecule has 6 atom stereocenters. The Morgan fingerprint density at radius 1 is 0.806 bits per heavy atom. The Labute approximate surface area is 186 Å². The van der Waals surface area contributed by atoms with Crippen molar-refractivity contribution in [1.82, 2.24) is 5.32 Å². The molecule has 0 aromatic heterocycles. The number of ketones is 1. The summed E-state index contributed by atoms with van der Waals surface area (Å²) in [4.78, 5) is 14.5. The van der Waals surface area contributed by atoms with E-state index in [1.165, 1.54) is 5.56 Å². The van der Waals surface area contributed by atoms with Crippen LogP contribution in [0.15, 0.2) is 83.8 Å². The average Bonchev–Trinajstić information content (AvgIpc) is 3.18. The maximum Gasteiger partial charge on any atom is 0.157 e. The van der Waals surface area contributed by atoms with E-state index in [-0.39, 0.29) is 35.0 Å². The summed E-state index contributed by atoms with van der Waals surface area (Å²) >= 11 is 0. The summed E-state index contributed by atoms with van der Waals surface area (Å²) in [6.07, 6.45) is 0.621. The molecule has 2 aliphatic heterocycles. The number of Topliss-reactive ketones (excluding diaryl/α,β-unsaturated/α-hetero) is 1. The zero-order valence-electron chi connectivity index (χ0n) is 17.8. The predicted octanol–water partition coefficient (Wildman–Crippen LogP) is 4.66. The molecule has 1 unspecified atom stereocenters. The van der Waals surface area contributed by atoms with Crippen molar-refractivity contribution in [1.29, 1.82) is 0 Å². The first-order chi connectivity index (χ1) is 15.0. The first kappa shape index (κ1) is 20.3. The summed E-state index contributed by atoms with van der Waals surface area (Å²) in [5.74, 6) is -0.0498. The summed E-state index contributed by atoms with van der Waals surface area (Å²) in [5, 5.41) is 3.47. The topological polar surface area (TPSA) is 46.2 Å². The van der Waals surface area contributed by atoms with Crippen molar-refractivity contribution in [2.45, 2.75) is 54.3 Å². The Morgan fingerprint density at radius 3 is 2.06 bits per heavy atom. The van der Waals surface area contributed by atoms with Crippen LogP contribution in [0.3, 0.4) is 0 Å². The van der Waals surface area contributed by atoms with E-state index in [2.05, 4.69) is 48.6 Å². The molecule has 3 aromatic rings. The lowest BCUT2D eigenvalue weighted by Crippen LogP contribution is -2.51. The largest absolute Gasteiger partial charge is 0.303 e. The molecule has 2 saturated heterocycles. The lowest BCUT2D eigenvalue weighted by molar-refractivity contribution is -0.124. The monoisotopic (exact) mass is 429 g/mol. The van der Waals surface area contributed by atoms with Gasteiger partial charge in [-0.05, 0) is 43.5 Å². The summed E-state index contributed by atoms with van der Waals surface area (Å²) in [6, 6.07) is 26.3. The number of carbonyl (C=O) groups excluding carboxylic acids is 1. The molecule has 0 spiro atoms. The van der Waals surface area contributed by atoms with Gasteiger partial charge < -0.3 is 5.32 Å². The number of benzene rings is 3. The lowest BCUT2D eigenvalue weighted by atomic mass is 9.72. The second-order valence-electron chi connectivity index (χ2n) is 8.86. The zero-order chi connectivity index (χ0) is 21.5. The molecule has 0 amide bonds. The third kappa shape index (κ3) is 3.68. The zero-order valence-corrected chi connectivity index (χ0v) is 18.6. The minimum Gasteiger partial charge on any atom is -0.303 e. The highest BCUT2D eigenvalue weighted by Crippen LogP contribution is 2.47. The maximum absolute atomic E-state index is 13.6. The molecule has 0 saturated carbocycles. The quantitative estimate of drug-likeness (QED) is 0.656. The van der Waals surface area contributed by atoms with Crippen LogP contribution < -0.4 is 5.32 Å². The SMILES string of the molecule is Cc1ccc([C@H]2C(=O)[C@@H]3C[C@H](S(=O)c4ccc(C)cc4)[C@H](N3)[C@@H]2c2ccccc2)cc1. The number of hydrogen-bond acceptors (Lipinski definition) is 3. The predicted molar refractivity (Wildman–Crippen MR) is 125 cm³/mol. The van der Waals surface area contributed by atoms with Gasteiger partial charge in [-0.3, -0.25) is 9.00 Å². The average molecular weight is 430 g/mol. The molecule has 158 valence electrons. The van der Waals surface area contributed by atoms with E-state index < -0.39 is 10.8 Å². The van der Waals surface area contributed by atoms with E-state index in [1.807, 2.05) is 49.4 Å². The summed E-state index contributed by atoms with van der Waals surface area (Å²) in [6.45, 7) is 4.10. The highest BCUT2D eigenvalue weighted by atomic mass is 32.2. The van der Waals surface area contributed by atoms with Crippen LogP contribution in [0.25, 0.3) is 0 Å². The van der Waals surface area contributed by atoms with Crippen LogP contribution in [0.1, 0.15) is 40.5 Å². The van der Waals surface area contributed by atoms with E-state index in [0.717, 1.165) is 21.6 Å². The van der Waals surface area contributed by atoms with Crippen LogP contribution in [0, 0.1) is 13.8 Å². The number of nitrogens with one attached hydrogen (secondary N) is 1. The van der Waals surface area contributed by atoms with Gasteiger partial charge in [0.15, 0.2) is 5.78 Å². The summed E-state index contributed by atoms with van der Waals surface area (Å²) < 4.78 is 13.6. The van der Waals surface area contributed by atoms with Crippen LogP contribution >= 0.6 is 0 Å². The number of carbonyl (C=O) groups is 1. The van der Waals surface area contributed by atoms with Crippen molar-refractivity contribution < 1.29 is 9.00 Å². The van der Waals surface area contributed by atoms with E-state index >= 15 is 0 Å². The van der Waals surface area contributed by atoms with E-state index in [4.69, 9.17) is 0 Å². The molecular weight excluding hydrogens is 402 g/mol. The van der Waals surface area contributed by atoms with Gasteiger partial charge in [-0.25, -0.2) is 0 Å². The van der Waals surface area contributed by atoms with Gasteiger partial charge in [-0.1, -0.05) is 77.9 Å². The highest BCUT2D eigenvalue weighted by molar-refractivity contribution is 7.85. The Kier molecular flexibility index (Phi) is 5.37. The van der Waals surface area contributed by atoms with Crippen LogP contribution in [0.5, 0.6) is 0 Å². The van der Waals surface area contributed by atoms with Crippen LogP contribution in [0.2, 0.25) is 0 Å². The van der Waals surface area contributed by atoms with E-state index in [0.29, 0.717) is 6.42 Å². The van der Waals surface area contributed by atoms with Crippen molar-refractivity contribution in [2.24, 2.45) is 0 Å². The summed E-state index contributed by atoms with van der Waals surface area (Å²) in [5.41, 5.74) is 4.52. The Morgan fingerprint density at radius 2 is 1.42 bits per heavy atom. The minimum atomic E-state index is -1.18. The summed E-state index contributed by atoms with van der Waals surface area (Å²) in [7, 11) is -1.18. The first-order valence-corrected chi connectivity index (χ1v) is 12.1. The number of hydrogen-bond donors (Lipinski definition) is 1. The molecule has 2 fully saturated rings. The molecule has 3 aromatic carbocycles. The van der Waals surface area contributed by atoms with Crippen molar-refractivity contribution in [3.63, 3.8) is 0 Å². The molecule has 31 heavy (non-hydrogen) atoms. The Hall–Kier alpha value is -2.56. The minimum absolute atomic E-state index is 0.0152. The van der Waals surface area contributed by atoms with Crippen LogP contribution in [-0.4, -0.2) is 27.3 Å². The van der Waals surface area contributed by atoms with E-state index in [9.17, 15) is 9.00 Å². The normalized spacial score (nSPS) is 28.5. The second-order valence-corrected chi connectivity index (χ2v) is 10.5. The number of fused-ring (bicyclic) bond motifs is 2. The molecule has 2 aliphatic rings. The standard InChI is InChI=1S/C27H27NO2S/c1-17-8-12-20(13-9-17)25-24(19-6-4-3-5-7-19)26-23(16-22(28-26)27(25)29)31(30)21-14-10-18(2)11-15-21/h3-15,22-26,28H,16H2,1-2H3/t22-,23-,24+,25+,26-,31?/m0/s1. The fourth-order valence-electron chi connectivity index (χ4n) is 5.21. The van der Waals surface area contributed by atoms with Gasteiger partial charge in [0.2, 0.25) is 0 Å². The van der Waals surface area contributed by atoms with Crippen LogP contribution in [0.4, 0.5) is 0 Å². The van der Waals surface area contributed by atoms with Gasteiger partial charge in [-0.15, -0.1) is 0 Å². The van der Waals surface area contributed by atoms with Crippen molar-refractivity contribution >= 4 is 16.6 Å². The highest BCUT2D eigenvalue weighted by Gasteiger charge is 2.54. The molecule has 0 aliphatic carbocycles. The molecular formula is C27H27NO2S. The Bertz CT molecular complexity index is 1110. The number of piperidine rings is 1.